The van der Waals surface area contributed by atoms with Gasteiger partial charge in [0.25, 0.3) is 0 Å². The van der Waals surface area contributed by atoms with Gasteiger partial charge in [-0.25, -0.2) is 4.79 Å². The van der Waals surface area contributed by atoms with Crippen LogP contribution in [-0.4, -0.2) is 42.6 Å². The summed E-state index contributed by atoms with van der Waals surface area (Å²) in [6, 6.07) is 4.81. The summed E-state index contributed by atoms with van der Waals surface area (Å²) >= 11 is 0. The highest BCUT2D eigenvalue weighted by Crippen LogP contribution is 2.27. The number of alkyl halides is 3. The molecule has 120 valence electrons. The van der Waals surface area contributed by atoms with Crippen molar-refractivity contribution in [3.8, 4) is 11.5 Å². The molecule has 1 aliphatic rings. The van der Waals surface area contributed by atoms with Crippen LogP contribution < -0.4 is 9.47 Å². The Morgan fingerprint density at radius 3 is 2.32 bits per heavy atom. The molecule has 8 heteroatoms. The van der Waals surface area contributed by atoms with E-state index in [4.69, 9.17) is 9.47 Å². The lowest BCUT2D eigenvalue weighted by Gasteiger charge is -2.23. The number of halogens is 3. The maximum absolute atomic E-state index is 12.5. The molecule has 1 aromatic rings. The number of benzene rings is 1. The molecule has 1 saturated heterocycles. The van der Waals surface area contributed by atoms with Crippen molar-refractivity contribution in [2.24, 2.45) is 0 Å². The zero-order valence-electron chi connectivity index (χ0n) is 11.7. The van der Waals surface area contributed by atoms with Crippen molar-refractivity contribution < 1.29 is 32.2 Å². The van der Waals surface area contributed by atoms with E-state index in [-0.39, 0.29) is 18.7 Å². The van der Waals surface area contributed by atoms with Crippen molar-refractivity contribution in [1.29, 1.82) is 0 Å². The van der Waals surface area contributed by atoms with Crippen LogP contribution in [0.25, 0.3) is 0 Å². The van der Waals surface area contributed by atoms with Crippen LogP contribution in [0.5, 0.6) is 11.5 Å². The molecular weight excluding hydrogens is 303 g/mol. The van der Waals surface area contributed by atoms with Crippen LogP contribution in [0.1, 0.15) is 12.8 Å². The Balaban J connectivity index is 2.06. The molecule has 0 aliphatic carbocycles. The summed E-state index contributed by atoms with van der Waals surface area (Å²) in [4.78, 5) is 23.8. The van der Waals surface area contributed by atoms with Gasteiger partial charge in [-0.1, -0.05) is 0 Å². The smallest absolute Gasteiger partial charge is 0.471 e. The third kappa shape index (κ3) is 3.49. The minimum Gasteiger partial charge on any atom is -0.497 e. The first kappa shape index (κ1) is 16.1. The summed E-state index contributed by atoms with van der Waals surface area (Å²) in [7, 11) is 1.47. The molecule has 1 atom stereocenters. The first-order valence-electron chi connectivity index (χ1n) is 6.56. The Morgan fingerprint density at radius 1 is 1.18 bits per heavy atom. The van der Waals surface area contributed by atoms with E-state index in [1.165, 1.54) is 19.2 Å². The second-order valence-corrected chi connectivity index (χ2v) is 4.75. The lowest BCUT2D eigenvalue weighted by atomic mass is 10.2. The maximum atomic E-state index is 12.5. The summed E-state index contributed by atoms with van der Waals surface area (Å²) in [5.41, 5.74) is 0. The fourth-order valence-electron chi connectivity index (χ4n) is 2.25. The minimum atomic E-state index is -5.00. The molecule has 2 rings (SSSR count). The van der Waals surface area contributed by atoms with Crippen molar-refractivity contribution in [2.75, 3.05) is 13.7 Å². The van der Waals surface area contributed by atoms with E-state index in [1.54, 1.807) is 12.1 Å². The van der Waals surface area contributed by atoms with E-state index in [9.17, 15) is 22.8 Å². The molecule has 1 fully saturated rings. The van der Waals surface area contributed by atoms with Gasteiger partial charge >= 0.3 is 18.1 Å². The van der Waals surface area contributed by atoms with Crippen molar-refractivity contribution in [3.05, 3.63) is 24.3 Å². The second-order valence-electron chi connectivity index (χ2n) is 4.75. The Hall–Kier alpha value is -2.25. The van der Waals surface area contributed by atoms with Gasteiger partial charge in [-0.15, -0.1) is 0 Å². The van der Waals surface area contributed by atoms with Crippen LogP contribution >= 0.6 is 0 Å². The molecular formula is C14H14F3NO4. The van der Waals surface area contributed by atoms with Gasteiger partial charge in [-0.2, -0.15) is 13.2 Å². The topological polar surface area (TPSA) is 55.8 Å². The zero-order valence-corrected chi connectivity index (χ0v) is 11.7. The molecule has 0 bridgehead atoms. The van der Waals surface area contributed by atoms with Gasteiger partial charge in [0, 0.05) is 6.54 Å². The third-order valence-electron chi connectivity index (χ3n) is 3.31. The number of rotatable bonds is 3. The quantitative estimate of drug-likeness (QED) is 0.633. The lowest BCUT2D eigenvalue weighted by Crippen LogP contribution is -2.48. The average Bonchev–Trinajstić information content (AvgIpc) is 2.95. The van der Waals surface area contributed by atoms with Crippen LogP contribution in [0, 0.1) is 0 Å². The molecule has 0 radical (unpaired) electrons. The van der Waals surface area contributed by atoms with Gasteiger partial charge in [0.15, 0.2) is 0 Å². The molecule has 1 unspecified atom stereocenters. The number of carbonyl (C=O) groups is 2. The number of amides is 1. The first-order chi connectivity index (χ1) is 10.3. The van der Waals surface area contributed by atoms with E-state index < -0.39 is 24.1 Å². The van der Waals surface area contributed by atoms with E-state index in [2.05, 4.69) is 0 Å². The van der Waals surface area contributed by atoms with Gasteiger partial charge < -0.3 is 14.4 Å². The Morgan fingerprint density at radius 2 is 1.77 bits per heavy atom. The minimum absolute atomic E-state index is 0.110. The first-order valence-corrected chi connectivity index (χ1v) is 6.56. The molecule has 0 N–H and O–H groups in total. The third-order valence-corrected chi connectivity index (χ3v) is 3.31. The maximum Gasteiger partial charge on any atom is 0.471 e. The van der Waals surface area contributed by atoms with Gasteiger partial charge in [0.1, 0.15) is 17.5 Å². The summed E-state index contributed by atoms with van der Waals surface area (Å²) in [5, 5.41) is 0. The molecule has 5 nitrogen and oxygen atoms in total. The summed E-state index contributed by atoms with van der Waals surface area (Å²) < 4.78 is 47.4. The lowest BCUT2D eigenvalue weighted by molar-refractivity contribution is -0.187. The van der Waals surface area contributed by atoms with Crippen LogP contribution in [0.4, 0.5) is 13.2 Å². The number of ether oxygens (including phenoxy) is 2. The van der Waals surface area contributed by atoms with Crippen LogP contribution in [0.3, 0.4) is 0 Å². The van der Waals surface area contributed by atoms with Crippen LogP contribution in [0.15, 0.2) is 24.3 Å². The Labute approximate surface area is 124 Å². The number of hydrogen-bond acceptors (Lipinski definition) is 4. The SMILES string of the molecule is COc1ccc(OC(=O)C2CCCN2C(=O)C(F)(F)F)cc1. The fourth-order valence-corrected chi connectivity index (χ4v) is 2.25. The van der Waals surface area contributed by atoms with Crippen LogP contribution in [0.2, 0.25) is 0 Å². The highest BCUT2D eigenvalue weighted by atomic mass is 19.4. The monoisotopic (exact) mass is 317 g/mol. The highest BCUT2D eigenvalue weighted by Gasteiger charge is 2.48. The average molecular weight is 317 g/mol. The molecule has 1 aromatic carbocycles. The molecule has 1 heterocycles. The molecule has 0 aromatic heterocycles. The normalized spacial score (nSPS) is 18.2. The van der Waals surface area contributed by atoms with Crippen molar-refractivity contribution in [1.82, 2.24) is 4.90 Å². The number of methoxy groups -OCH3 is 1. The zero-order chi connectivity index (χ0) is 16.3. The summed E-state index contributed by atoms with van der Waals surface area (Å²) in [6.07, 6.45) is -4.52. The predicted octanol–water partition coefficient (Wildman–Crippen LogP) is 2.15. The van der Waals surface area contributed by atoms with E-state index in [0.717, 1.165) is 0 Å². The van der Waals surface area contributed by atoms with Crippen molar-refractivity contribution in [2.45, 2.75) is 25.1 Å². The number of carbonyl (C=O) groups excluding carboxylic acids is 2. The molecule has 1 amide bonds. The summed E-state index contributed by atoms with van der Waals surface area (Å²) in [5.74, 6) is -2.16. The van der Waals surface area contributed by atoms with Gasteiger partial charge in [-0.05, 0) is 37.1 Å². The number of hydrogen-bond donors (Lipinski definition) is 0. The summed E-state index contributed by atoms with van der Waals surface area (Å²) in [6.45, 7) is -0.110. The van der Waals surface area contributed by atoms with E-state index in [0.29, 0.717) is 17.1 Å². The number of likely N-dealkylation sites (tertiary alicyclic amines) is 1. The van der Waals surface area contributed by atoms with Gasteiger partial charge in [-0.3, -0.25) is 4.79 Å². The Kier molecular flexibility index (Phi) is 4.58. The van der Waals surface area contributed by atoms with Gasteiger partial charge in [0.05, 0.1) is 7.11 Å². The number of esters is 1. The van der Waals surface area contributed by atoms with E-state index >= 15 is 0 Å². The predicted molar refractivity (Wildman–Crippen MR) is 69.4 cm³/mol. The van der Waals surface area contributed by atoms with E-state index in [1.807, 2.05) is 0 Å². The van der Waals surface area contributed by atoms with Crippen molar-refractivity contribution >= 4 is 11.9 Å². The molecule has 0 saturated carbocycles. The fraction of sp³-hybridized carbons (Fsp3) is 0.429. The molecule has 22 heavy (non-hydrogen) atoms. The number of nitrogens with zero attached hydrogens (tertiary/aromatic N) is 1. The highest BCUT2D eigenvalue weighted by molar-refractivity contribution is 5.88. The standard InChI is InChI=1S/C14H14F3NO4/c1-21-9-4-6-10(7-5-9)22-12(19)11-3-2-8-18(11)13(20)14(15,16)17/h4-7,11H,2-3,8H2,1H3. The van der Waals surface area contributed by atoms with Crippen molar-refractivity contribution in [3.63, 3.8) is 0 Å². The largest absolute Gasteiger partial charge is 0.497 e. The molecule has 1 aliphatic heterocycles. The van der Waals surface area contributed by atoms with Crippen LogP contribution in [-0.2, 0) is 9.59 Å². The second kappa shape index (κ2) is 6.25. The molecule has 0 spiro atoms. The Bertz CT molecular complexity index is 556. The van der Waals surface area contributed by atoms with Gasteiger partial charge in [0.2, 0.25) is 0 Å².